The van der Waals surface area contributed by atoms with E-state index in [1.807, 2.05) is 37.3 Å². The molecule has 2 amide bonds. The van der Waals surface area contributed by atoms with Crippen LogP contribution in [0.1, 0.15) is 25.3 Å². The second-order valence-corrected chi connectivity index (χ2v) is 5.49. The highest BCUT2D eigenvalue weighted by atomic mass is 16.5. The fourth-order valence-electron chi connectivity index (χ4n) is 2.62. The molecule has 1 saturated heterocycles. The van der Waals surface area contributed by atoms with Crippen LogP contribution in [0, 0.1) is 0 Å². The highest BCUT2D eigenvalue weighted by Gasteiger charge is 2.46. The van der Waals surface area contributed by atoms with Crippen LogP contribution in [-0.2, 0) is 20.9 Å². The predicted octanol–water partition coefficient (Wildman–Crippen LogP) is 1.33. The SMILES string of the molecule is COCCNC(=O)[C@]1(C)CCC(=O)N1Cc1ccccc1. The van der Waals surface area contributed by atoms with Gasteiger partial charge in [0.1, 0.15) is 5.54 Å². The van der Waals surface area contributed by atoms with Gasteiger partial charge < -0.3 is 15.0 Å². The number of nitrogens with one attached hydrogen (secondary N) is 1. The minimum Gasteiger partial charge on any atom is -0.383 e. The van der Waals surface area contributed by atoms with Gasteiger partial charge in [0.15, 0.2) is 0 Å². The van der Waals surface area contributed by atoms with Crippen LogP contribution in [0.25, 0.3) is 0 Å². The molecule has 114 valence electrons. The molecule has 1 aromatic carbocycles. The molecule has 5 nitrogen and oxygen atoms in total. The van der Waals surface area contributed by atoms with Crippen LogP contribution >= 0.6 is 0 Å². The average molecular weight is 290 g/mol. The summed E-state index contributed by atoms with van der Waals surface area (Å²) in [4.78, 5) is 26.3. The number of nitrogens with zero attached hydrogens (tertiary/aromatic N) is 1. The third kappa shape index (κ3) is 3.42. The number of methoxy groups -OCH3 is 1. The summed E-state index contributed by atoms with van der Waals surface area (Å²) in [6.45, 7) is 3.23. The Bertz CT molecular complexity index is 504. The summed E-state index contributed by atoms with van der Waals surface area (Å²) in [6, 6.07) is 9.74. The zero-order valence-corrected chi connectivity index (χ0v) is 12.6. The Morgan fingerprint density at radius 1 is 1.38 bits per heavy atom. The zero-order chi connectivity index (χ0) is 15.3. The van der Waals surface area contributed by atoms with Crippen LogP contribution in [0.5, 0.6) is 0 Å². The zero-order valence-electron chi connectivity index (χ0n) is 12.6. The summed E-state index contributed by atoms with van der Waals surface area (Å²) in [5, 5.41) is 2.84. The van der Waals surface area contributed by atoms with Crippen molar-refractivity contribution >= 4 is 11.8 Å². The molecule has 1 atom stereocenters. The van der Waals surface area contributed by atoms with Crippen molar-refractivity contribution in [2.45, 2.75) is 31.8 Å². The van der Waals surface area contributed by atoms with Gasteiger partial charge in [-0.1, -0.05) is 30.3 Å². The van der Waals surface area contributed by atoms with Gasteiger partial charge in [0.25, 0.3) is 0 Å². The number of rotatable bonds is 6. The van der Waals surface area contributed by atoms with Gasteiger partial charge in [-0.3, -0.25) is 9.59 Å². The number of likely N-dealkylation sites (tertiary alicyclic amines) is 1. The molecule has 1 fully saturated rings. The molecule has 1 aliphatic rings. The van der Waals surface area contributed by atoms with Crippen LogP contribution in [0.3, 0.4) is 0 Å². The van der Waals surface area contributed by atoms with Crippen molar-refractivity contribution in [3.05, 3.63) is 35.9 Å². The van der Waals surface area contributed by atoms with Crippen molar-refractivity contribution < 1.29 is 14.3 Å². The molecule has 0 saturated carbocycles. The van der Waals surface area contributed by atoms with E-state index in [1.165, 1.54) is 0 Å². The molecule has 0 aromatic heterocycles. The molecular formula is C16H22N2O3. The van der Waals surface area contributed by atoms with Gasteiger partial charge in [-0.05, 0) is 18.9 Å². The molecule has 21 heavy (non-hydrogen) atoms. The maximum atomic E-state index is 12.4. The summed E-state index contributed by atoms with van der Waals surface area (Å²) in [5.41, 5.74) is 0.254. The normalized spacial score (nSPS) is 21.6. The van der Waals surface area contributed by atoms with Crippen molar-refractivity contribution in [2.75, 3.05) is 20.3 Å². The third-order valence-electron chi connectivity index (χ3n) is 3.99. The summed E-state index contributed by atoms with van der Waals surface area (Å²) in [6.07, 6.45) is 0.971. The van der Waals surface area contributed by atoms with Crippen LogP contribution in [0.15, 0.2) is 30.3 Å². The molecule has 0 radical (unpaired) electrons. The van der Waals surface area contributed by atoms with Crippen molar-refractivity contribution in [1.29, 1.82) is 0 Å². The molecule has 1 N–H and O–H groups in total. The maximum absolute atomic E-state index is 12.4. The van der Waals surface area contributed by atoms with Crippen LogP contribution in [0.2, 0.25) is 0 Å². The van der Waals surface area contributed by atoms with Crippen molar-refractivity contribution in [3.63, 3.8) is 0 Å². The molecule has 5 heteroatoms. The van der Waals surface area contributed by atoms with E-state index in [0.29, 0.717) is 32.5 Å². The Labute approximate surface area is 125 Å². The van der Waals surface area contributed by atoms with E-state index in [2.05, 4.69) is 5.32 Å². The van der Waals surface area contributed by atoms with E-state index >= 15 is 0 Å². The average Bonchev–Trinajstić information content (AvgIpc) is 2.78. The fraction of sp³-hybridized carbons (Fsp3) is 0.500. The highest BCUT2D eigenvalue weighted by molar-refractivity contribution is 5.94. The number of benzene rings is 1. The van der Waals surface area contributed by atoms with Gasteiger partial charge in [-0.25, -0.2) is 0 Å². The second-order valence-electron chi connectivity index (χ2n) is 5.49. The van der Waals surface area contributed by atoms with E-state index in [9.17, 15) is 9.59 Å². The minimum absolute atomic E-state index is 0.0308. The number of hydrogen-bond donors (Lipinski definition) is 1. The highest BCUT2D eigenvalue weighted by Crippen LogP contribution is 2.31. The molecule has 2 rings (SSSR count). The van der Waals surface area contributed by atoms with Crippen LogP contribution in [-0.4, -0.2) is 42.5 Å². The summed E-state index contributed by atoms with van der Waals surface area (Å²) >= 11 is 0. The van der Waals surface area contributed by atoms with E-state index in [1.54, 1.807) is 12.0 Å². The predicted molar refractivity (Wildman–Crippen MR) is 79.5 cm³/mol. The smallest absolute Gasteiger partial charge is 0.245 e. The Morgan fingerprint density at radius 3 is 2.76 bits per heavy atom. The summed E-state index contributed by atoms with van der Waals surface area (Å²) in [5.74, 6) is -0.0791. The van der Waals surface area contributed by atoms with E-state index < -0.39 is 5.54 Å². The first-order chi connectivity index (χ1) is 10.1. The Hall–Kier alpha value is -1.88. The lowest BCUT2D eigenvalue weighted by molar-refractivity contribution is -0.141. The molecule has 1 aliphatic heterocycles. The van der Waals surface area contributed by atoms with Crippen molar-refractivity contribution in [3.8, 4) is 0 Å². The Balaban J connectivity index is 2.09. The Morgan fingerprint density at radius 2 is 2.10 bits per heavy atom. The largest absolute Gasteiger partial charge is 0.383 e. The van der Waals surface area contributed by atoms with Gasteiger partial charge in [0.05, 0.1) is 6.61 Å². The first kappa shape index (κ1) is 15.5. The first-order valence-corrected chi connectivity index (χ1v) is 7.19. The number of amides is 2. The standard InChI is InChI=1S/C16H22N2O3/c1-16(15(20)17-10-11-21-2)9-8-14(19)18(16)12-13-6-4-3-5-7-13/h3-7H,8-12H2,1-2H3,(H,17,20)/t16-/m0/s1. The molecule has 1 aromatic rings. The molecule has 1 heterocycles. The van der Waals surface area contributed by atoms with E-state index in [4.69, 9.17) is 4.74 Å². The second kappa shape index (κ2) is 6.72. The van der Waals surface area contributed by atoms with Crippen LogP contribution in [0.4, 0.5) is 0 Å². The topological polar surface area (TPSA) is 58.6 Å². The van der Waals surface area contributed by atoms with Crippen LogP contribution < -0.4 is 5.32 Å². The quantitative estimate of drug-likeness (QED) is 0.804. The lowest BCUT2D eigenvalue weighted by atomic mass is 9.97. The lowest BCUT2D eigenvalue weighted by Gasteiger charge is -2.34. The maximum Gasteiger partial charge on any atom is 0.245 e. The molecular weight excluding hydrogens is 268 g/mol. The Kier molecular flexibility index (Phi) is 4.96. The fourth-order valence-corrected chi connectivity index (χ4v) is 2.62. The van der Waals surface area contributed by atoms with Crippen molar-refractivity contribution in [1.82, 2.24) is 10.2 Å². The van der Waals surface area contributed by atoms with E-state index in [-0.39, 0.29) is 11.8 Å². The molecule has 0 bridgehead atoms. The first-order valence-electron chi connectivity index (χ1n) is 7.19. The lowest BCUT2D eigenvalue weighted by Crippen LogP contribution is -2.54. The third-order valence-corrected chi connectivity index (χ3v) is 3.99. The summed E-state index contributed by atoms with van der Waals surface area (Å²) in [7, 11) is 1.59. The van der Waals surface area contributed by atoms with Gasteiger partial charge in [0, 0.05) is 26.6 Å². The van der Waals surface area contributed by atoms with Gasteiger partial charge in [-0.15, -0.1) is 0 Å². The van der Waals surface area contributed by atoms with E-state index in [0.717, 1.165) is 5.56 Å². The van der Waals surface area contributed by atoms with Gasteiger partial charge >= 0.3 is 0 Å². The molecule has 0 spiro atoms. The molecule has 0 aliphatic carbocycles. The number of hydrogen-bond acceptors (Lipinski definition) is 3. The van der Waals surface area contributed by atoms with Gasteiger partial charge in [0.2, 0.25) is 11.8 Å². The number of carbonyl (C=O) groups is 2. The molecule has 0 unspecified atom stereocenters. The summed E-state index contributed by atoms with van der Waals surface area (Å²) < 4.78 is 4.94. The monoisotopic (exact) mass is 290 g/mol. The number of ether oxygens (including phenoxy) is 1. The van der Waals surface area contributed by atoms with Gasteiger partial charge in [-0.2, -0.15) is 0 Å². The minimum atomic E-state index is -0.777. The number of carbonyl (C=O) groups excluding carboxylic acids is 2. The van der Waals surface area contributed by atoms with Crippen molar-refractivity contribution in [2.24, 2.45) is 0 Å².